The van der Waals surface area contributed by atoms with Crippen LogP contribution in [-0.4, -0.2) is 57.3 Å². The number of amides is 1. The fourth-order valence-corrected chi connectivity index (χ4v) is 5.90. The maximum Gasteiger partial charge on any atom is 0.410 e. The maximum absolute atomic E-state index is 13.0. The van der Waals surface area contributed by atoms with Crippen LogP contribution in [0, 0.1) is 0 Å². The van der Waals surface area contributed by atoms with Crippen molar-refractivity contribution in [1.29, 1.82) is 0 Å². The summed E-state index contributed by atoms with van der Waals surface area (Å²) in [5.74, 6) is 0.930. The van der Waals surface area contributed by atoms with Gasteiger partial charge in [0.05, 0.1) is 19.3 Å². The lowest BCUT2D eigenvalue weighted by Crippen LogP contribution is -2.48. The molecule has 1 aliphatic rings. The number of hydrogen-bond donors (Lipinski definition) is 1. The van der Waals surface area contributed by atoms with E-state index in [0.717, 1.165) is 40.1 Å². The van der Waals surface area contributed by atoms with E-state index in [2.05, 4.69) is 62.1 Å². The van der Waals surface area contributed by atoms with Gasteiger partial charge in [-0.3, -0.25) is 0 Å². The molecular weight excluding hydrogens is 544 g/mol. The molecule has 0 aliphatic carbocycles. The lowest BCUT2D eigenvalue weighted by Gasteiger charge is -2.39. The molecule has 42 heavy (non-hydrogen) atoms. The van der Waals surface area contributed by atoms with Crippen LogP contribution in [0.4, 0.5) is 4.79 Å². The fraction of sp³-hybridized carbons (Fsp3) is 0.500. The van der Waals surface area contributed by atoms with Crippen LogP contribution in [0.15, 0.2) is 60.7 Å². The molecule has 0 aromatic heterocycles. The number of nitrogens with zero attached hydrogens (tertiary/aromatic N) is 1. The smallest absolute Gasteiger partial charge is 0.410 e. The molecule has 8 heteroatoms. The van der Waals surface area contributed by atoms with Crippen LogP contribution < -0.4 is 10.5 Å². The van der Waals surface area contributed by atoms with Crippen molar-refractivity contribution in [3.8, 4) is 5.75 Å². The molecule has 1 heterocycles. The van der Waals surface area contributed by atoms with Gasteiger partial charge in [0.25, 0.3) is 0 Å². The summed E-state index contributed by atoms with van der Waals surface area (Å²) in [5, 5.41) is 2.13. The van der Waals surface area contributed by atoms with Gasteiger partial charge in [-0.15, -0.1) is 0 Å². The van der Waals surface area contributed by atoms with Gasteiger partial charge in [-0.05, 0) is 67.4 Å². The van der Waals surface area contributed by atoms with Crippen molar-refractivity contribution in [3.63, 3.8) is 0 Å². The largest absolute Gasteiger partial charge is 0.467 e. The minimum Gasteiger partial charge on any atom is -0.467 e. The van der Waals surface area contributed by atoms with Gasteiger partial charge < -0.3 is 29.6 Å². The number of rotatable bonds is 11. The Morgan fingerprint density at radius 1 is 1.02 bits per heavy atom. The second kappa shape index (κ2) is 14.0. The highest BCUT2D eigenvalue weighted by molar-refractivity contribution is 6.76. The molecule has 2 unspecified atom stereocenters. The molecule has 7 nitrogen and oxygen atoms in total. The minimum atomic E-state index is -1.16. The molecule has 4 rings (SSSR count). The Labute approximate surface area is 252 Å². The third kappa shape index (κ3) is 9.29. The van der Waals surface area contributed by atoms with Gasteiger partial charge in [0.15, 0.2) is 6.79 Å². The first-order valence-electron chi connectivity index (χ1n) is 15.0. The van der Waals surface area contributed by atoms with E-state index >= 15 is 0 Å². The van der Waals surface area contributed by atoms with Crippen LogP contribution >= 0.6 is 0 Å². The standard InChI is InChI=1S/C34H48N2O5Si/c1-34(2,3)41-33(37)36-16-15-30(27-13-11-25(21-35)12-14-27)32(22-36)39-23-26-19-28-9-7-8-10-29(28)31(20-26)40-24-38-17-18-42(4,5)6/h7-14,19-20,30,32H,15-18,21-24,35H2,1-6H3. The number of nitrogens with two attached hydrogens (primary N) is 1. The van der Waals surface area contributed by atoms with Crippen LogP contribution in [-0.2, 0) is 27.4 Å². The van der Waals surface area contributed by atoms with E-state index < -0.39 is 13.7 Å². The summed E-state index contributed by atoms with van der Waals surface area (Å²) in [4.78, 5) is 14.7. The first-order chi connectivity index (χ1) is 19.9. The molecule has 0 saturated carbocycles. The van der Waals surface area contributed by atoms with E-state index in [1.54, 1.807) is 4.90 Å². The van der Waals surface area contributed by atoms with Gasteiger partial charge in [0.2, 0.25) is 0 Å². The highest BCUT2D eigenvalue weighted by atomic mass is 28.3. The number of hydrogen-bond acceptors (Lipinski definition) is 6. The average Bonchev–Trinajstić information content (AvgIpc) is 2.94. The number of ether oxygens (including phenoxy) is 4. The Morgan fingerprint density at radius 3 is 2.45 bits per heavy atom. The van der Waals surface area contributed by atoms with Crippen LogP contribution in [0.1, 0.15) is 49.8 Å². The van der Waals surface area contributed by atoms with Crippen molar-refractivity contribution >= 4 is 24.9 Å². The number of fused-ring (bicyclic) bond motifs is 1. The number of carbonyl (C=O) groups excluding carboxylic acids is 1. The Bertz CT molecular complexity index is 1320. The average molecular weight is 593 g/mol. The predicted octanol–water partition coefficient (Wildman–Crippen LogP) is 7.30. The summed E-state index contributed by atoms with van der Waals surface area (Å²) >= 11 is 0. The second-order valence-electron chi connectivity index (χ2n) is 13.4. The zero-order chi connectivity index (χ0) is 30.3. The van der Waals surface area contributed by atoms with Crippen molar-refractivity contribution in [1.82, 2.24) is 4.90 Å². The summed E-state index contributed by atoms with van der Waals surface area (Å²) in [6.07, 6.45) is 0.284. The van der Waals surface area contributed by atoms with E-state index in [0.29, 0.717) is 32.8 Å². The van der Waals surface area contributed by atoms with E-state index in [1.807, 2.05) is 39.0 Å². The maximum atomic E-state index is 13.0. The zero-order valence-electron chi connectivity index (χ0n) is 26.2. The Balaban J connectivity index is 1.50. The number of likely N-dealkylation sites (tertiary alicyclic amines) is 1. The molecule has 3 aromatic carbocycles. The van der Waals surface area contributed by atoms with Crippen LogP contribution in [0.5, 0.6) is 5.75 Å². The van der Waals surface area contributed by atoms with Gasteiger partial charge in [-0.25, -0.2) is 4.79 Å². The van der Waals surface area contributed by atoms with Gasteiger partial charge in [0.1, 0.15) is 11.4 Å². The molecule has 0 bridgehead atoms. The molecule has 1 aliphatic heterocycles. The van der Waals surface area contributed by atoms with E-state index in [-0.39, 0.29) is 24.9 Å². The predicted molar refractivity (Wildman–Crippen MR) is 172 cm³/mol. The monoisotopic (exact) mass is 592 g/mol. The van der Waals surface area contributed by atoms with Crippen molar-refractivity contribution < 1.29 is 23.7 Å². The molecule has 2 N–H and O–H groups in total. The lowest BCUT2D eigenvalue weighted by atomic mass is 9.86. The topological polar surface area (TPSA) is 83.3 Å². The number of carbonyl (C=O) groups is 1. The Morgan fingerprint density at radius 2 is 1.76 bits per heavy atom. The molecule has 1 amide bonds. The quantitative estimate of drug-likeness (QED) is 0.143. The first kappa shape index (κ1) is 32.0. The summed E-state index contributed by atoms with van der Waals surface area (Å²) in [6, 6.07) is 21.9. The van der Waals surface area contributed by atoms with E-state index in [4.69, 9.17) is 24.7 Å². The summed E-state index contributed by atoms with van der Waals surface area (Å²) in [6.45, 7) is 15.6. The molecule has 1 fully saturated rings. The molecule has 1 saturated heterocycles. The van der Waals surface area contributed by atoms with Gasteiger partial charge >= 0.3 is 6.09 Å². The highest BCUT2D eigenvalue weighted by Crippen LogP contribution is 2.33. The molecule has 2 atom stereocenters. The van der Waals surface area contributed by atoms with Crippen LogP contribution in [0.3, 0.4) is 0 Å². The minimum absolute atomic E-state index is 0.145. The van der Waals surface area contributed by atoms with Gasteiger partial charge in [0, 0.05) is 39.1 Å². The van der Waals surface area contributed by atoms with Crippen molar-refractivity contribution in [2.45, 2.75) is 83.7 Å². The fourth-order valence-electron chi connectivity index (χ4n) is 5.14. The molecule has 228 valence electrons. The number of piperidine rings is 1. The van der Waals surface area contributed by atoms with E-state index in [9.17, 15) is 4.79 Å². The summed E-state index contributed by atoms with van der Waals surface area (Å²) < 4.78 is 24.3. The van der Waals surface area contributed by atoms with Crippen molar-refractivity contribution in [2.24, 2.45) is 5.73 Å². The molecule has 0 radical (unpaired) electrons. The van der Waals surface area contributed by atoms with E-state index in [1.165, 1.54) is 5.56 Å². The molecule has 0 spiro atoms. The summed E-state index contributed by atoms with van der Waals surface area (Å²) in [7, 11) is -1.16. The lowest BCUT2D eigenvalue weighted by molar-refractivity contribution is -0.0360. The number of benzene rings is 3. The third-order valence-electron chi connectivity index (χ3n) is 7.50. The first-order valence-corrected chi connectivity index (χ1v) is 18.7. The molecule has 3 aromatic rings. The van der Waals surface area contributed by atoms with Gasteiger partial charge in [-0.1, -0.05) is 68.2 Å². The second-order valence-corrected chi connectivity index (χ2v) is 19.0. The zero-order valence-corrected chi connectivity index (χ0v) is 27.2. The van der Waals surface area contributed by atoms with Crippen molar-refractivity contribution in [3.05, 3.63) is 77.4 Å². The highest BCUT2D eigenvalue weighted by Gasteiger charge is 2.35. The Hall–Kier alpha value is -2.91. The van der Waals surface area contributed by atoms with Crippen LogP contribution in [0.2, 0.25) is 25.7 Å². The summed E-state index contributed by atoms with van der Waals surface area (Å²) in [5.41, 5.74) is 8.58. The SMILES string of the molecule is CC(C)(C)OC(=O)N1CCC(c2ccc(CN)cc2)C(OCc2cc(OCOCC[Si](C)(C)C)c3ccccc3c2)C1. The normalized spacial score (nSPS) is 17.8. The van der Waals surface area contributed by atoms with Crippen molar-refractivity contribution in [2.75, 3.05) is 26.5 Å². The Kier molecular flexibility index (Phi) is 10.7. The van der Waals surface area contributed by atoms with Crippen LogP contribution in [0.25, 0.3) is 10.8 Å². The van der Waals surface area contributed by atoms with Gasteiger partial charge in [-0.2, -0.15) is 0 Å². The third-order valence-corrected chi connectivity index (χ3v) is 9.20. The molecular formula is C34H48N2O5Si.